The third-order valence-corrected chi connectivity index (χ3v) is 10.0. The molecule has 4 rings (SSSR count). The maximum Gasteiger partial charge on any atom is 0.328 e. The molecule has 1 unspecified atom stereocenters. The second kappa shape index (κ2) is 10.6. The Morgan fingerprint density at radius 3 is 2.49 bits per heavy atom. The van der Waals surface area contributed by atoms with Crippen LogP contribution < -0.4 is 5.32 Å². The van der Waals surface area contributed by atoms with Crippen LogP contribution in [0.25, 0.3) is 0 Å². The molecule has 4 aliphatic rings. The molecule has 0 aliphatic heterocycles. The van der Waals surface area contributed by atoms with Gasteiger partial charge < -0.3 is 25.4 Å². The predicted molar refractivity (Wildman–Crippen MR) is 134 cm³/mol. The average molecular weight is 548 g/mol. The molecule has 0 saturated heterocycles. The SMILES string of the molecule is C[C@]12CCC(=O)C=C1CC[C@@H]1[C@@H]2C(=O)C[C@@]2(C)[C@H]1CC[C@]2(O)C(=O)COC(=O)CCC(=O)NC(CO)C(=O)O. The molecule has 1 amide bonds. The average Bonchev–Trinajstić information content (AvgIpc) is 3.15. The Hall–Kier alpha value is -2.92. The van der Waals surface area contributed by atoms with Crippen molar-refractivity contribution < 1.29 is 48.8 Å². The summed E-state index contributed by atoms with van der Waals surface area (Å²) in [4.78, 5) is 73.9. The number of ketones is 3. The van der Waals surface area contributed by atoms with Gasteiger partial charge in [-0.05, 0) is 55.4 Å². The van der Waals surface area contributed by atoms with Gasteiger partial charge >= 0.3 is 11.9 Å². The first kappa shape index (κ1) is 29.1. The number of hydrogen-bond donors (Lipinski definition) is 4. The van der Waals surface area contributed by atoms with Crippen LogP contribution in [0.5, 0.6) is 0 Å². The number of amides is 1. The maximum absolute atomic E-state index is 13.7. The van der Waals surface area contributed by atoms with Crippen LogP contribution in [0.1, 0.15) is 71.6 Å². The summed E-state index contributed by atoms with van der Waals surface area (Å²) in [5, 5.41) is 31.6. The number of Topliss-reactive ketones (excluding diaryl/α,β-unsaturated/α-hetero) is 2. The molecule has 4 N–H and O–H groups in total. The molecule has 0 aromatic carbocycles. The molecule has 0 spiro atoms. The summed E-state index contributed by atoms with van der Waals surface area (Å²) >= 11 is 0. The number of carboxylic acid groups (broad SMARTS) is 1. The molecule has 0 bridgehead atoms. The van der Waals surface area contributed by atoms with Crippen molar-refractivity contribution in [2.75, 3.05) is 13.2 Å². The van der Waals surface area contributed by atoms with Crippen LogP contribution in [0.15, 0.2) is 11.6 Å². The minimum atomic E-state index is -1.84. The van der Waals surface area contributed by atoms with Gasteiger partial charge in [-0.2, -0.15) is 0 Å². The maximum atomic E-state index is 13.7. The van der Waals surface area contributed by atoms with Crippen LogP contribution >= 0.6 is 0 Å². The third-order valence-electron chi connectivity index (χ3n) is 10.0. The molecule has 0 heterocycles. The zero-order chi connectivity index (χ0) is 28.8. The van der Waals surface area contributed by atoms with Crippen LogP contribution in [0.3, 0.4) is 0 Å². The van der Waals surface area contributed by atoms with Gasteiger partial charge in [0, 0.05) is 30.6 Å². The first-order chi connectivity index (χ1) is 18.3. The summed E-state index contributed by atoms with van der Waals surface area (Å²) in [6.07, 6.45) is 4.10. The highest BCUT2D eigenvalue weighted by Gasteiger charge is 2.68. The van der Waals surface area contributed by atoms with E-state index in [0.29, 0.717) is 32.1 Å². The monoisotopic (exact) mass is 547 g/mol. The molecule has 0 aromatic rings. The molecule has 3 saturated carbocycles. The van der Waals surface area contributed by atoms with Gasteiger partial charge in [0.25, 0.3) is 0 Å². The minimum absolute atomic E-state index is 0.000115. The number of aliphatic carboxylic acids is 1. The molecule has 214 valence electrons. The van der Waals surface area contributed by atoms with E-state index < -0.39 is 66.7 Å². The second-order valence-electron chi connectivity index (χ2n) is 12.0. The highest BCUT2D eigenvalue weighted by Crippen LogP contribution is 2.66. The first-order valence-electron chi connectivity index (χ1n) is 13.6. The Bertz CT molecular complexity index is 1130. The van der Waals surface area contributed by atoms with Gasteiger partial charge in [0.2, 0.25) is 11.7 Å². The van der Waals surface area contributed by atoms with Gasteiger partial charge in [0.15, 0.2) is 12.4 Å². The van der Waals surface area contributed by atoms with Gasteiger partial charge in [0.05, 0.1) is 13.0 Å². The van der Waals surface area contributed by atoms with E-state index in [-0.39, 0.29) is 47.6 Å². The summed E-state index contributed by atoms with van der Waals surface area (Å²) in [7, 11) is 0. The Balaban J connectivity index is 1.39. The summed E-state index contributed by atoms with van der Waals surface area (Å²) < 4.78 is 5.05. The van der Waals surface area contributed by atoms with Crippen LogP contribution in [0.4, 0.5) is 0 Å². The van der Waals surface area contributed by atoms with E-state index in [2.05, 4.69) is 12.2 Å². The van der Waals surface area contributed by atoms with E-state index >= 15 is 0 Å². The normalized spacial score (nSPS) is 36.1. The largest absolute Gasteiger partial charge is 0.480 e. The van der Waals surface area contributed by atoms with Gasteiger partial charge in [0.1, 0.15) is 17.4 Å². The molecule has 0 radical (unpaired) electrons. The van der Waals surface area contributed by atoms with Gasteiger partial charge in [-0.25, -0.2) is 4.79 Å². The standard InChI is InChI=1S/C28H37NO10/c1-26-9-7-16(31)11-15(26)3-4-17-18-8-10-28(38,27(18,2)12-20(32)24(17)26)21(33)14-39-23(35)6-5-22(34)29-19(13-30)25(36)37/h11,17-19,24,30,38H,3-10,12-14H2,1-2H3,(H,29,34)(H,36,37)/t17-,18-,19?,24+,26-,27-,28-/m0/s1. The van der Waals surface area contributed by atoms with E-state index in [1.165, 1.54) is 0 Å². The molecular weight excluding hydrogens is 510 g/mol. The lowest BCUT2D eigenvalue weighted by Crippen LogP contribution is -2.61. The lowest BCUT2D eigenvalue weighted by Gasteiger charge is -2.57. The van der Waals surface area contributed by atoms with Gasteiger partial charge in [-0.15, -0.1) is 0 Å². The summed E-state index contributed by atoms with van der Waals surface area (Å²) in [5.41, 5.74) is -2.20. The molecule has 4 aliphatic carbocycles. The number of fused-ring (bicyclic) bond motifs is 5. The van der Waals surface area contributed by atoms with Crippen molar-refractivity contribution in [2.24, 2.45) is 28.6 Å². The Morgan fingerprint density at radius 1 is 1.10 bits per heavy atom. The van der Waals surface area contributed by atoms with Crippen molar-refractivity contribution in [3.63, 3.8) is 0 Å². The number of carbonyl (C=O) groups excluding carboxylic acids is 5. The van der Waals surface area contributed by atoms with E-state index in [1.54, 1.807) is 13.0 Å². The van der Waals surface area contributed by atoms with Crippen molar-refractivity contribution >= 4 is 35.2 Å². The zero-order valence-electron chi connectivity index (χ0n) is 22.4. The van der Waals surface area contributed by atoms with E-state index in [9.17, 15) is 33.9 Å². The van der Waals surface area contributed by atoms with Crippen LogP contribution in [-0.4, -0.2) is 75.4 Å². The molecule has 11 nitrogen and oxygen atoms in total. The van der Waals surface area contributed by atoms with Crippen LogP contribution in [0, 0.1) is 28.6 Å². The van der Waals surface area contributed by atoms with Crippen molar-refractivity contribution in [1.82, 2.24) is 5.32 Å². The summed E-state index contributed by atoms with van der Waals surface area (Å²) in [6, 6.07) is -1.49. The van der Waals surface area contributed by atoms with Crippen molar-refractivity contribution in [3.8, 4) is 0 Å². The van der Waals surface area contributed by atoms with E-state index in [4.69, 9.17) is 14.9 Å². The van der Waals surface area contributed by atoms with Crippen LogP contribution in [0.2, 0.25) is 0 Å². The third kappa shape index (κ3) is 4.95. The number of rotatable bonds is 9. The number of carboxylic acids is 1. The fraction of sp³-hybridized carbons (Fsp3) is 0.714. The summed E-state index contributed by atoms with van der Waals surface area (Å²) in [6.45, 7) is 2.34. The number of aliphatic hydroxyl groups is 2. The summed E-state index contributed by atoms with van der Waals surface area (Å²) in [5.74, 6) is -3.99. The van der Waals surface area contributed by atoms with Gasteiger partial charge in [-0.3, -0.25) is 24.0 Å². The molecular formula is C28H37NO10. The highest BCUT2D eigenvalue weighted by atomic mass is 16.5. The molecule has 3 fully saturated rings. The van der Waals surface area contributed by atoms with E-state index in [1.807, 2.05) is 0 Å². The Morgan fingerprint density at radius 2 is 1.82 bits per heavy atom. The number of hydrogen-bond acceptors (Lipinski definition) is 9. The molecule has 11 heteroatoms. The fourth-order valence-electron chi connectivity index (χ4n) is 7.85. The van der Waals surface area contributed by atoms with Crippen molar-refractivity contribution in [2.45, 2.75) is 83.3 Å². The van der Waals surface area contributed by atoms with E-state index in [0.717, 1.165) is 5.57 Å². The minimum Gasteiger partial charge on any atom is -0.480 e. The topological polar surface area (TPSA) is 184 Å². The fourth-order valence-corrected chi connectivity index (χ4v) is 7.85. The number of carbonyl (C=O) groups is 6. The Kier molecular flexibility index (Phi) is 7.88. The van der Waals surface area contributed by atoms with Crippen molar-refractivity contribution in [3.05, 3.63) is 11.6 Å². The second-order valence-corrected chi connectivity index (χ2v) is 12.0. The lowest BCUT2D eigenvalue weighted by molar-refractivity contribution is -0.173. The Labute approximate surface area is 226 Å². The molecule has 39 heavy (non-hydrogen) atoms. The molecule has 0 aromatic heterocycles. The smallest absolute Gasteiger partial charge is 0.328 e. The van der Waals surface area contributed by atoms with Crippen molar-refractivity contribution in [1.29, 1.82) is 0 Å². The number of esters is 1. The zero-order valence-corrected chi connectivity index (χ0v) is 22.4. The lowest BCUT2D eigenvalue weighted by atomic mass is 9.46. The van der Waals surface area contributed by atoms with Gasteiger partial charge in [-0.1, -0.05) is 19.4 Å². The quantitative estimate of drug-likeness (QED) is 0.302. The predicted octanol–water partition coefficient (Wildman–Crippen LogP) is 0.883. The number of nitrogens with one attached hydrogen (secondary N) is 1. The molecule has 7 atom stereocenters. The highest BCUT2D eigenvalue weighted by molar-refractivity contribution is 5.95. The number of allylic oxidation sites excluding steroid dienone is 1. The number of ether oxygens (including phenoxy) is 1. The first-order valence-corrected chi connectivity index (χ1v) is 13.6. The van der Waals surface area contributed by atoms with Crippen LogP contribution in [-0.2, 0) is 33.5 Å². The number of aliphatic hydroxyl groups excluding tert-OH is 1.